The van der Waals surface area contributed by atoms with Crippen LogP contribution in [0.3, 0.4) is 0 Å². The molecule has 0 bridgehead atoms. The smallest absolute Gasteiger partial charge is 0.228 e. The molecular formula is C17H31N5O. The molecule has 130 valence electrons. The second-order valence-electron chi connectivity index (χ2n) is 6.61. The van der Waals surface area contributed by atoms with Crippen molar-refractivity contribution in [3.05, 3.63) is 11.7 Å². The lowest BCUT2D eigenvalue weighted by molar-refractivity contribution is 0.322. The molecule has 6 nitrogen and oxygen atoms in total. The molecule has 0 saturated heterocycles. The Morgan fingerprint density at radius 3 is 2.78 bits per heavy atom. The lowest BCUT2D eigenvalue weighted by Crippen LogP contribution is -2.43. The maximum absolute atomic E-state index is 5.11. The summed E-state index contributed by atoms with van der Waals surface area (Å²) in [5.41, 5.74) is 0. The largest absolute Gasteiger partial charge is 0.356 e. The number of hydrogen-bond donors (Lipinski definition) is 2. The third-order valence-corrected chi connectivity index (χ3v) is 4.54. The van der Waals surface area contributed by atoms with Crippen LogP contribution in [0.5, 0.6) is 0 Å². The summed E-state index contributed by atoms with van der Waals surface area (Å²) in [5.74, 6) is 3.12. The number of guanidine groups is 1. The fraction of sp³-hybridized carbons (Fsp3) is 0.824. The molecular weight excluding hydrogens is 290 g/mol. The van der Waals surface area contributed by atoms with E-state index in [1.807, 2.05) is 6.92 Å². The number of rotatable bonds is 7. The first-order valence-electron chi connectivity index (χ1n) is 8.93. The highest BCUT2D eigenvalue weighted by molar-refractivity contribution is 5.79. The van der Waals surface area contributed by atoms with E-state index in [-0.39, 0.29) is 0 Å². The zero-order chi connectivity index (χ0) is 16.5. The molecule has 1 aliphatic carbocycles. The van der Waals surface area contributed by atoms with Gasteiger partial charge in [-0.05, 0) is 32.6 Å². The van der Waals surface area contributed by atoms with Gasteiger partial charge in [-0.1, -0.05) is 37.3 Å². The lowest BCUT2D eigenvalue weighted by atomic mass is 9.85. The number of aryl methyl sites for hydroxylation is 1. The molecule has 0 spiro atoms. The standard InChI is InChI=1S/C17H31N5O/c1-13(9-10-15-7-5-4-6-8-15)20-17(18-3)19-12-11-16-21-14(2)22-23-16/h13,15H,4-12H2,1-3H3,(H2,18,19,20). The normalized spacial score (nSPS) is 18.0. The third kappa shape index (κ3) is 6.59. The lowest BCUT2D eigenvalue weighted by Gasteiger charge is -2.24. The van der Waals surface area contributed by atoms with Crippen LogP contribution in [0.25, 0.3) is 0 Å². The van der Waals surface area contributed by atoms with Gasteiger partial charge in [-0.3, -0.25) is 4.99 Å². The summed E-state index contributed by atoms with van der Waals surface area (Å²) >= 11 is 0. The molecule has 0 amide bonds. The van der Waals surface area contributed by atoms with Crippen molar-refractivity contribution in [1.82, 2.24) is 20.8 Å². The van der Waals surface area contributed by atoms with E-state index in [1.54, 1.807) is 7.05 Å². The fourth-order valence-corrected chi connectivity index (χ4v) is 3.19. The average molecular weight is 321 g/mol. The van der Waals surface area contributed by atoms with Crippen molar-refractivity contribution in [3.63, 3.8) is 0 Å². The summed E-state index contributed by atoms with van der Waals surface area (Å²) in [7, 11) is 1.81. The molecule has 1 aliphatic rings. The third-order valence-electron chi connectivity index (χ3n) is 4.54. The molecule has 1 aromatic rings. The number of nitrogens with one attached hydrogen (secondary N) is 2. The summed E-state index contributed by atoms with van der Waals surface area (Å²) in [6.07, 6.45) is 10.3. The molecule has 6 heteroatoms. The van der Waals surface area contributed by atoms with Gasteiger partial charge in [0.1, 0.15) is 0 Å². The van der Waals surface area contributed by atoms with Crippen LogP contribution in [0.15, 0.2) is 9.52 Å². The molecule has 1 unspecified atom stereocenters. The summed E-state index contributed by atoms with van der Waals surface area (Å²) < 4.78 is 5.11. The molecule has 1 saturated carbocycles. The van der Waals surface area contributed by atoms with Crippen LogP contribution in [-0.2, 0) is 6.42 Å². The van der Waals surface area contributed by atoms with Crippen LogP contribution in [0, 0.1) is 12.8 Å². The van der Waals surface area contributed by atoms with Crippen molar-refractivity contribution in [2.75, 3.05) is 13.6 Å². The summed E-state index contributed by atoms with van der Waals surface area (Å²) in [4.78, 5) is 8.48. The second kappa shape index (κ2) is 9.53. The van der Waals surface area contributed by atoms with Crippen LogP contribution in [-0.4, -0.2) is 35.7 Å². The molecule has 1 atom stereocenters. The van der Waals surface area contributed by atoms with Crippen molar-refractivity contribution < 1.29 is 4.52 Å². The van der Waals surface area contributed by atoms with Crippen LogP contribution in [0.2, 0.25) is 0 Å². The minimum absolute atomic E-state index is 0.439. The molecule has 2 N–H and O–H groups in total. The van der Waals surface area contributed by atoms with E-state index in [4.69, 9.17) is 4.52 Å². The second-order valence-corrected chi connectivity index (χ2v) is 6.61. The molecule has 0 aliphatic heterocycles. The van der Waals surface area contributed by atoms with Gasteiger partial charge in [-0.15, -0.1) is 0 Å². The van der Waals surface area contributed by atoms with Gasteiger partial charge in [-0.2, -0.15) is 4.98 Å². The monoisotopic (exact) mass is 321 g/mol. The summed E-state index contributed by atoms with van der Waals surface area (Å²) in [5, 5.41) is 10.6. The van der Waals surface area contributed by atoms with Crippen LogP contribution in [0.4, 0.5) is 0 Å². The molecule has 2 rings (SSSR count). The highest BCUT2D eigenvalue weighted by Gasteiger charge is 2.15. The molecule has 23 heavy (non-hydrogen) atoms. The van der Waals surface area contributed by atoms with E-state index in [1.165, 1.54) is 44.9 Å². The first-order valence-corrected chi connectivity index (χ1v) is 8.93. The highest BCUT2D eigenvalue weighted by atomic mass is 16.5. The summed E-state index contributed by atoms with van der Waals surface area (Å²) in [6.45, 7) is 4.79. The van der Waals surface area contributed by atoms with Crippen LogP contribution < -0.4 is 10.6 Å². The van der Waals surface area contributed by atoms with Gasteiger partial charge in [0.05, 0.1) is 0 Å². The zero-order valence-electron chi connectivity index (χ0n) is 14.8. The van der Waals surface area contributed by atoms with Crippen LogP contribution >= 0.6 is 0 Å². The average Bonchev–Trinajstić information content (AvgIpc) is 2.98. The predicted molar refractivity (Wildman–Crippen MR) is 92.5 cm³/mol. The fourth-order valence-electron chi connectivity index (χ4n) is 3.19. The van der Waals surface area contributed by atoms with Gasteiger partial charge in [0.15, 0.2) is 11.8 Å². The van der Waals surface area contributed by atoms with Crippen molar-refractivity contribution in [1.29, 1.82) is 0 Å². The van der Waals surface area contributed by atoms with Crippen molar-refractivity contribution in [2.45, 2.75) is 71.3 Å². The molecule has 1 fully saturated rings. The van der Waals surface area contributed by atoms with Gasteiger partial charge in [0, 0.05) is 26.1 Å². The SMILES string of the molecule is CN=C(NCCc1nc(C)no1)NC(C)CCC1CCCCC1. The zero-order valence-corrected chi connectivity index (χ0v) is 14.8. The first kappa shape index (κ1) is 17.8. The molecule has 1 aromatic heterocycles. The topological polar surface area (TPSA) is 75.3 Å². The first-order chi connectivity index (χ1) is 11.2. The van der Waals surface area contributed by atoms with E-state index in [9.17, 15) is 0 Å². The van der Waals surface area contributed by atoms with Crippen LogP contribution in [0.1, 0.15) is 63.6 Å². The van der Waals surface area contributed by atoms with Crippen molar-refractivity contribution >= 4 is 5.96 Å². The van der Waals surface area contributed by atoms with Crippen molar-refractivity contribution in [3.8, 4) is 0 Å². The number of hydrogen-bond acceptors (Lipinski definition) is 4. The quantitative estimate of drug-likeness (QED) is 0.596. The number of nitrogens with zero attached hydrogens (tertiary/aromatic N) is 3. The van der Waals surface area contributed by atoms with Gasteiger partial charge >= 0.3 is 0 Å². The van der Waals surface area contributed by atoms with Gasteiger partial charge in [0.25, 0.3) is 0 Å². The Morgan fingerprint density at radius 1 is 1.35 bits per heavy atom. The number of aromatic nitrogens is 2. The van der Waals surface area contributed by atoms with E-state index in [0.717, 1.165) is 18.4 Å². The maximum atomic E-state index is 5.11. The summed E-state index contributed by atoms with van der Waals surface area (Å²) in [6, 6.07) is 0.439. The van der Waals surface area contributed by atoms with E-state index in [0.29, 0.717) is 24.2 Å². The van der Waals surface area contributed by atoms with E-state index in [2.05, 4.69) is 32.7 Å². The highest BCUT2D eigenvalue weighted by Crippen LogP contribution is 2.27. The minimum Gasteiger partial charge on any atom is -0.356 e. The van der Waals surface area contributed by atoms with Gasteiger partial charge < -0.3 is 15.2 Å². The van der Waals surface area contributed by atoms with Crippen molar-refractivity contribution in [2.24, 2.45) is 10.9 Å². The van der Waals surface area contributed by atoms with E-state index < -0.39 is 0 Å². The molecule has 1 heterocycles. The Morgan fingerprint density at radius 2 is 2.13 bits per heavy atom. The Labute approximate surface area is 139 Å². The Hall–Kier alpha value is -1.59. The van der Waals surface area contributed by atoms with Gasteiger partial charge in [0.2, 0.25) is 5.89 Å². The number of aliphatic imine (C=N–C) groups is 1. The Bertz CT molecular complexity index is 479. The molecule has 0 aromatic carbocycles. The Balaban J connectivity index is 1.62. The maximum Gasteiger partial charge on any atom is 0.228 e. The molecule has 0 radical (unpaired) electrons. The predicted octanol–water partition coefficient (Wildman–Crippen LogP) is 2.83. The minimum atomic E-state index is 0.439. The Kier molecular flexibility index (Phi) is 7.36. The van der Waals surface area contributed by atoms with Gasteiger partial charge in [-0.25, -0.2) is 0 Å². The van der Waals surface area contributed by atoms with E-state index >= 15 is 0 Å².